The van der Waals surface area contributed by atoms with Crippen molar-refractivity contribution in [2.45, 2.75) is 19.8 Å². The van der Waals surface area contributed by atoms with Crippen LogP contribution in [0.2, 0.25) is 0 Å². The van der Waals surface area contributed by atoms with Crippen LogP contribution in [0.1, 0.15) is 41.4 Å². The molecule has 0 aliphatic carbocycles. The van der Waals surface area contributed by atoms with Crippen LogP contribution in [0.5, 0.6) is 11.6 Å². The highest BCUT2D eigenvalue weighted by Crippen LogP contribution is 2.52. The third-order valence-electron chi connectivity index (χ3n) is 5.34. The summed E-state index contributed by atoms with van der Waals surface area (Å²) in [6.07, 6.45) is 1.39. The lowest BCUT2D eigenvalue weighted by atomic mass is 9.70. The molecule has 7 nitrogen and oxygen atoms in total. The first-order valence-electron chi connectivity index (χ1n) is 9.17. The minimum absolute atomic E-state index is 0.00771. The fourth-order valence-electron chi connectivity index (χ4n) is 3.63. The molecule has 1 atom stereocenters. The number of carboxylic acids is 1. The molecule has 0 radical (unpaired) electrons. The maximum Gasteiger partial charge on any atom is 0.354 e. The van der Waals surface area contributed by atoms with E-state index < -0.39 is 29.0 Å². The number of nitrogens with two attached hydrogens (primary N) is 1. The van der Waals surface area contributed by atoms with Gasteiger partial charge in [-0.15, -0.1) is 0 Å². The number of halogens is 1. The first kappa shape index (κ1) is 19.5. The number of rotatable bonds is 4. The molecule has 152 valence electrons. The Morgan fingerprint density at radius 2 is 1.90 bits per heavy atom. The zero-order valence-corrected chi connectivity index (χ0v) is 16.2. The molecule has 1 aliphatic rings. The van der Waals surface area contributed by atoms with Gasteiger partial charge in [0.25, 0.3) is 0 Å². The summed E-state index contributed by atoms with van der Waals surface area (Å²) in [4.78, 5) is 31.6. The number of carbonyl (C=O) groups excluding carboxylic acids is 1. The summed E-state index contributed by atoms with van der Waals surface area (Å²) in [5, 5.41) is 9.00. The monoisotopic (exact) mass is 407 g/mol. The second-order valence-corrected chi connectivity index (χ2v) is 7.61. The molecule has 1 unspecified atom stereocenters. The number of hydrogen-bond donors (Lipinski definition) is 2. The fraction of sp³-hybridized carbons (Fsp3) is 0.182. The van der Waals surface area contributed by atoms with Gasteiger partial charge in [0.15, 0.2) is 11.6 Å². The molecule has 3 heterocycles. The highest BCUT2D eigenvalue weighted by Gasteiger charge is 2.43. The van der Waals surface area contributed by atoms with Gasteiger partial charge in [0.2, 0.25) is 11.8 Å². The van der Waals surface area contributed by atoms with Gasteiger partial charge in [-0.3, -0.25) is 4.79 Å². The molecule has 0 bridgehead atoms. The molecular weight excluding hydrogens is 389 g/mol. The highest BCUT2D eigenvalue weighted by molar-refractivity contribution is 5.85. The second-order valence-electron chi connectivity index (χ2n) is 7.61. The average Bonchev–Trinajstić information content (AvgIpc) is 2.72. The Labute approximate surface area is 171 Å². The maximum atomic E-state index is 14.5. The van der Waals surface area contributed by atoms with Gasteiger partial charge in [-0.05, 0) is 24.3 Å². The third-order valence-corrected chi connectivity index (χ3v) is 5.34. The van der Waals surface area contributed by atoms with Gasteiger partial charge >= 0.3 is 5.97 Å². The lowest BCUT2D eigenvalue weighted by Crippen LogP contribution is -2.38. The first-order valence-corrected chi connectivity index (χ1v) is 9.17. The quantitative estimate of drug-likeness (QED) is 0.681. The van der Waals surface area contributed by atoms with Crippen LogP contribution < -0.4 is 10.5 Å². The Balaban J connectivity index is 1.85. The van der Waals surface area contributed by atoms with Crippen LogP contribution in [0.4, 0.5) is 4.39 Å². The number of ether oxygens (including phenoxy) is 1. The van der Waals surface area contributed by atoms with Crippen LogP contribution in [0.3, 0.4) is 0 Å². The van der Waals surface area contributed by atoms with Crippen LogP contribution in [-0.4, -0.2) is 27.0 Å². The van der Waals surface area contributed by atoms with Crippen LogP contribution in [0.25, 0.3) is 11.3 Å². The number of hydrogen-bond acceptors (Lipinski definition) is 5. The van der Waals surface area contributed by atoms with Crippen molar-refractivity contribution in [3.8, 4) is 22.9 Å². The van der Waals surface area contributed by atoms with Crippen molar-refractivity contribution < 1.29 is 23.8 Å². The molecular formula is C22H18FN3O4. The van der Waals surface area contributed by atoms with Gasteiger partial charge in [-0.25, -0.2) is 19.2 Å². The van der Waals surface area contributed by atoms with E-state index in [2.05, 4.69) is 9.97 Å². The smallest absolute Gasteiger partial charge is 0.354 e. The minimum atomic E-state index is -1.13. The molecule has 0 fully saturated rings. The zero-order chi connectivity index (χ0) is 21.6. The summed E-state index contributed by atoms with van der Waals surface area (Å²) in [6.45, 7) is 3.40. The molecule has 0 saturated heterocycles. The molecule has 30 heavy (non-hydrogen) atoms. The Bertz CT molecular complexity index is 1180. The number of aromatic nitrogens is 2. The number of amides is 1. The average molecular weight is 407 g/mol. The van der Waals surface area contributed by atoms with Crippen LogP contribution in [0.15, 0.2) is 48.7 Å². The number of para-hydroxylation sites is 1. The van der Waals surface area contributed by atoms with Gasteiger partial charge < -0.3 is 15.6 Å². The van der Waals surface area contributed by atoms with Crippen molar-refractivity contribution in [1.29, 1.82) is 0 Å². The number of aromatic carboxylic acids is 1. The predicted octanol–water partition coefficient (Wildman–Crippen LogP) is 3.73. The van der Waals surface area contributed by atoms with Crippen LogP contribution in [0, 0.1) is 11.2 Å². The fourth-order valence-corrected chi connectivity index (χ4v) is 3.63. The Hall–Kier alpha value is -3.81. The first-order chi connectivity index (χ1) is 14.2. The normalized spacial score (nSPS) is 15.0. The van der Waals surface area contributed by atoms with Crippen molar-refractivity contribution in [2.24, 2.45) is 11.1 Å². The zero-order valence-electron chi connectivity index (χ0n) is 16.2. The Kier molecular flexibility index (Phi) is 4.49. The van der Waals surface area contributed by atoms with E-state index in [-0.39, 0.29) is 17.3 Å². The third kappa shape index (κ3) is 3.06. The lowest BCUT2D eigenvalue weighted by molar-refractivity contribution is -0.126. The number of pyridine rings is 2. The molecule has 4 rings (SSSR count). The van der Waals surface area contributed by atoms with Crippen molar-refractivity contribution in [1.82, 2.24) is 9.97 Å². The summed E-state index contributed by atoms with van der Waals surface area (Å²) < 4.78 is 20.3. The highest BCUT2D eigenvalue weighted by atomic mass is 19.1. The molecule has 8 heteroatoms. The molecule has 2 aromatic heterocycles. The van der Waals surface area contributed by atoms with Crippen LogP contribution in [-0.2, 0) is 4.79 Å². The van der Waals surface area contributed by atoms with E-state index in [9.17, 15) is 14.0 Å². The van der Waals surface area contributed by atoms with E-state index in [4.69, 9.17) is 15.6 Å². The molecule has 1 amide bonds. The van der Waals surface area contributed by atoms with Gasteiger partial charge in [0, 0.05) is 28.8 Å². The van der Waals surface area contributed by atoms with Crippen molar-refractivity contribution in [2.75, 3.05) is 0 Å². The largest absolute Gasteiger partial charge is 0.477 e. The second kappa shape index (κ2) is 6.91. The topological polar surface area (TPSA) is 115 Å². The number of benzene rings is 1. The van der Waals surface area contributed by atoms with Gasteiger partial charge in [0.1, 0.15) is 5.69 Å². The molecule has 1 aromatic carbocycles. The minimum Gasteiger partial charge on any atom is -0.477 e. The van der Waals surface area contributed by atoms with Crippen molar-refractivity contribution in [3.63, 3.8) is 0 Å². The van der Waals surface area contributed by atoms with Crippen LogP contribution >= 0.6 is 0 Å². The SMILES string of the molecule is CC(C)(C(N)=O)C1c2ccc(-c3ccc(C(=O)O)nc3)nc2Oc2c(F)cccc21. The Morgan fingerprint density at radius 1 is 1.13 bits per heavy atom. The summed E-state index contributed by atoms with van der Waals surface area (Å²) >= 11 is 0. The van der Waals surface area contributed by atoms with Gasteiger partial charge in [-0.2, -0.15) is 0 Å². The number of carbonyl (C=O) groups is 2. The number of fused-ring (bicyclic) bond motifs is 2. The summed E-state index contributed by atoms with van der Waals surface area (Å²) in [5.74, 6) is -2.62. The molecule has 1 aliphatic heterocycles. The van der Waals surface area contributed by atoms with E-state index in [0.717, 1.165) is 0 Å². The van der Waals surface area contributed by atoms with E-state index in [0.29, 0.717) is 22.4 Å². The predicted molar refractivity (Wildman–Crippen MR) is 106 cm³/mol. The van der Waals surface area contributed by atoms with E-state index >= 15 is 0 Å². The standard InChI is InChI=1S/C22H18FN3O4/c1-22(2,21(24)29)17-12-4-3-5-14(23)18(12)30-19-13(17)7-9-15(26-19)11-6-8-16(20(27)28)25-10-11/h3-10,17H,1-2H3,(H2,24,29)(H,27,28). The van der Waals surface area contributed by atoms with E-state index in [1.807, 2.05) is 0 Å². The molecule has 0 saturated carbocycles. The van der Waals surface area contributed by atoms with Crippen molar-refractivity contribution >= 4 is 11.9 Å². The number of carboxylic acid groups (broad SMARTS) is 1. The lowest BCUT2D eigenvalue weighted by Gasteiger charge is -2.36. The van der Waals surface area contributed by atoms with E-state index in [1.165, 1.54) is 18.3 Å². The maximum absolute atomic E-state index is 14.5. The number of primary amides is 1. The molecule has 3 N–H and O–H groups in total. The summed E-state index contributed by atoms with van der Waals surface area (Å²) in [7, 11) is 0. The number of nitrogens with zero attached hydrogens (tertiary/aromatic N) is 2. The van der Waals surface area contributed by atoms with Gasteiger partial charge in [-0.1, -0.05) is 32.0 Å². The van der Waals surface area contributed by atoms with Gasteiger partial charge in [0.05, 0.1) is 11.1 Å². The summed E-state index contributed by atoms with van der Waals surface area (Å²) in [6, 6.07) is 11.0. The summed E-state index contributed by atoms with van der Waals surface area (Å²) in [5.41, 5.74) is 6.70. The van der Waals surface area contributed by atoms with Crippen molar-refractivity contribution in [3.05, 3.63) is 71.3 Å². The Morgan fingerprint density at radius 3 is 2.53 bits per heavy atom. The molecule has 3 aromatic rings. The van der Waals surface area contributed by atoms with E-state index in [1.54, 1.807) is 44.2 Å². The molecule has 0 spiro atoms.